The van der Waals surface area contributed by atoms with Crippen molar-refractivity contribution in [3.05, 3.63) is 34.1 Å². The fourth-order valence-electron chi connectivity index (χ4n) is 2.66. The molecule has 1 N–H and O–H groups in total. The third-order valence-corrected chi connectivity index (χ3v) is 3.80. The number of amides is 1. The van der Waals surface area contributed by atoms with E-state index >= 15 is 0 Å². The Morgan fingerprint density at radius 2 is 2.12 bits per heavy atom. The van der Waals surface area contributed by atoms with E-state index in [4.69, 9.17) is 4.74 Å². The number of benzene rings is 1. The quantitative estimate of drug-likeness (QED) is 0.659. The Morgan fingerprint density at radius 1 is 1.44 bits per heavy atom. The van der Waals surface area contributed by atoms with Crippen LogP contribution < -0.4 is 4.90 Å². The molecule has 1 unspecified atom stereocenters. The molecule has 138 valence electrons. The minimum Gasteiger partial charge on any atom is -0.444 e. The van der Waals surface area contributed by atoms with E-state index in [0.29, 0.717) is 6.54 Å². The van der Waals surface area contributed by atoms with Gasteiger partial charge in [-0.3, -0.25) is 15.0 Å². The van der Waals surface area contributed by atoms with Gasteiger partial charge < -0.3 is 14.7 Å². The molecular weight excluding hydrogens is 333 g/mol. The van der Waals surface area contributed by atoms with Crippen LogP contribution in [0.5, 0.6) is 0 Å². The number of halogens is 1. The van der Waals surface area contributed by atoms with Gasteiger partial charge in [-0.2, -0.15) is 0 Å². The molecule has 1 fully saturated rings. The summed E-state index contributed by atoms with van der Waals surface area (Å²) in [5.41, 5.74) is -0.779. The molecule has 0 radical (unpaired) electrons. The average molecular weight is 355 g/mol. The van der Waals surface area contributed by atoms with E-state index < -0.39 is 28.5 Å². The van der Waals surface area contributed by atoms with Gasteiger partial charge in [0.1, 0.15) is 5.60 Å². The maximum absolute atomic E-state index is 14.2. The van der Waals surface area contributed by atoms with Gasteiger partial charge in [0.2, 0.25) is 0 Å². The number of carbonyl (C=O) groups is 1. The lowest BCUT2D eigenvalue weighted by molar-refractivity contribution is -0.385. The second kappa shape index (κ2) is 7.22. The van der Waals surface area contributed by atoms with Crippen LogP contribution >= 0.6 is 0 Å². The standard InChI is InChI=1S/C16H22FN3O5/c1-16(2,3)25-15(22)19-7-6-18(9-12(19)10-21)14-5-4-11(20(23)24)8-13(14)17/h4-5,8,12,21H,6-7,9-10H2,1-3H3. The van der Waals surface area contributed by atoms with E-state index in [1.165, 1.54) is 17.0 Å². The van der Waals surface area contributed by atoms with Crippen molar-refractivity contribution in [2.75, 3.05) is 31.1 Å². The van der Waals surface area contributed by atoms with Crippen molar-refractivity contribution >= 4 is 17.5 Å². The number of ether oxygens (including phenoxy) is 1. The zero-order valence-corrected chi connectivity index (χ0v) is 14.4. The van der Waals surface area contributed by atoms with Crippen molar-refractivity contribution in [2.24, 2.45) is 0 Å². The average Bonchev–Trinajstić information content (AvgIpc) is 2.52. The second-order valence-corrected chi connectivity index (χ2v) is 6.85. The minimum absolute atomic E-state index is 0.199. The molecule has 1 heterocycles. The highest BCUT2D eigenvalue weighted by Gasteiger charge is 2.33. The minimum atomic E-state index is -0.711. The first kappa shape index (κ1) is 18.9. The number of non-ortho nitro benzene ring substituents is 1. The summed E-state index contributed by atoms with van der Waals surface area (Å²) in [5.74, 6) is -0.711. The van der Waals surface area contributed by atoms with E-state index in [-0.39, 0.29) is 31.1 Å². The largest absolute Gasteiger partial charge is 0.444 e. The molecule has 1 amide bonds. The first-order valence-electron chi connectivity index (χ1n) is 7.91. The molecule has 1 atom stereocenters. The summed E-state index contributed by atoms with van der Waals surface area (Å²) < 4.78 is 19.5. The number of aliphatic hydroxyl groups excluding tert-OH is 1. The summed E-state index contributed by atoms with van der Waals surface area (Å²) in [6.07, 6.45) is -0.532. The molecule has 1 saturated heterocycles. The van der Waals surface area contributed by atoms with Gasteiger partial charge in [-0.25, -0.2) is 9.18 Å². The monoisotopic (exact) mass is 355 g/mol. The Balaban J connectivity index is 2.13. The highest BCUT2D eigenvalue weighted by molar-refractivity contribution is 5.69. The van der Waals surface area contributed by atoms with Gasteiger partial charge in [-0.05, 0) is 26.8 Å². The van der Waals surface area contributed by atoms with E-state index in [0.717, 1.165) is 6.07 Å². The van der Waals surface area contributed by atoms with E-state index in [1.807, 2.05) is 0 Å². The molecule has 0 aromatic heterocycles. The molecule has 25 heavy (non-hydrogen) atoms. The number of hydrogen-bond donors (Lipinski definition) is 1. The first-order valence-corrected chi connectivity index (χ1v) is 7.91. The number of aliphatic hydroxyl groups is 1. The highest BCUT2D eigenvalue weighted by atomic mass is 19.1. The Hall–Kier alpha value is -2.42. The Labute approximate surface area is 144 Å². The molecule has 9 heteroatoms. The molecule has 0 bridgehead atoms. The zero-order chi connectivity index (χ0) is 18.8. The molecule has 1 aromatic rings. The Bertz CT molecular complexity index is 662. The molecule has 0 spiro atoms. The number of nitro groups is 1. The fraction of sp³-hybridized carbons (Fsp3) is 0.562. The Kier molecular flexibility index (Phi) is 5.46. The summed E-state index contributed by atoms with van der Waals surface area (Å²) in [6.45, 7) is 5.72. The Morgan fingerprint density at radius 3 is 2.64 bits per heavy atom. The van der Waals surface area contributed by atoms with Crippen LogP contribution in [0.25, 0.3) is 0 Å². The van der Waals surface area contributed by atoms with Crippen molar-refractivity contribution in [1.29, 1.82) is 0 Å². The van der Waals surface area contributed by atoms with Crippen LogP contribution in [0.4, 0.5) is 20.6 Å². The molecule has 0 saturated carbocycles. The number of anilines is 1. The van der Waals surface area contributed by atoms with Gasteiger partial charge >= 0.3 is 6.09 Å². The molecule has 8 nitrogen and oxygen atoms in total. The van der Waals surface area contributed by atoms with E-state index in [2.05, 4.69) is 0 Å². The van der Waals surface area contributed by atoms with Crippen molar-refractivity contribution in [3.8, 4) is 0 Å². The fourth-order valence-corrected chi connectivity index (χ4v) is 2.66. The van der Waals surface area contributed by atoms with Crippen LogP contribution in [0.15, 0.2) is 18.2 Å². The van der Waals surface area contributed by atoms with Crippen LogP contribution in [0.3, 0.4) is 0 Å². The zero-order valence-electron chi connectivity index (χ0n) is 14.4. The molecule has 1 aromatic carbocycles. The van der Waals surface area contributed by atoms with Crippen molar-refractivity contribution < 1.29 is 24.0 Å². The van der Waals surface area contributed by atoms with E-state index in [1.54, 1.807) is 25.7 Å². The number of nitro benzene ring substituents is 1. The van der Waals surface area contributed by atoms with Crippen LogP contribution in [-0.4, -0.2) is 58.9 Å². The third-order valence-electron chi connectivity index (χ3n) is 3.80. The number of hydrogen-bond acceptors (Lipinski definition) is 6. The summed E-state index contributed by atoms with van der Waals surface area (Å²) in [6, 6.07) is 2.87. The predicted octanol–water partition coefficient (Wildman–Crippen LogP) is 2.15. The molecule has 1 aliphatic heterocycles. The summed E-state index contributed by atoms with van der Waals surface area (Å²) in [5, 5.41) is 20.3. The van der Waals surface area contributed by atoms with Gasteiger partial charge in [0.05, 0.1) is 29.3 Å². The maximum Gasteiger partial charge on any atom is 0.410 e. The molecule has 1 aliphatic rings. The van der Waals surface area contributed by atoms with E-state index in [9.17, 15) is 24.4 Å². The van der Waals surface area contributed by atoms with Gasteiger partial charge in [0, 0.05) is 25.7 Å². The smallest absolute Gasteiger partial charge is 0.410 e. The van der Waals surface area contributed by atoms with Crippen molar-refractivity contribution in [1.82, 2.24) is 4.90 Å². The lowest BCUT2D eigenvalue weighted by atomic mass is 10.1. The van der Waals surface area contributed by atoms with Crippen LogP contribution in [0, 0.1) is 15.9 Å². The topological polar surface area (TPSA) is 96.2 Å². The van der Waals surface area contributed by atoms with Crippen LogP contribution in [-0.2, 0) is 4.74 Å². The summed E-state index contributed by atoms with van der Waals surface area (Å²) >= 11 is 0. The number of nitrogens with zero attached hydrogens (tertiary/aromatic N) is 3. The third kappa shape index (κ3) is 4.56. The number of rotatable bonds is 3. The van der Waals surface area contributed by atoms with Gasteiger partial charge in [0.25, 0.3) is 5.69 Å². The first-order chi connectivity index (χ1) is 11.6. The van der Waals surface area contributed by atoms with Gasteiger partial charge in [0.15, 0.2) is 5.82 Å². The van der Waals surface area contributed by atoms with Crippen molar-refractivity contribution in [2.45, 2.75) is 32.4 Å². The molecule has 0 aliphatic carbocycles. The lowest BCUT2D eigenvalue weighted by Crippen LogP contribution is -2.57. The number of piperazine rings is 1. The van der Waals surface area contributed by atoms with Crippen LogP contribution in [0.1, 0.15) is 20.8 Å². The number of carbonyl (C=O) groups excluding carboxylic acids is 1. The van der Waals surface area contributed by atoms with Gasteiger partial charge in [-0.15, -0.1) is 0 Å². The normalized spacial score (nSPS) is 18.2. The van der Waals surface area contributed by atoms with Gasteiger partial charge in [-0.1, -0.05) is 0 Å². The molecular formula is C16H22FN3O5. The van der Waals surface area contributed by atoms with Crippen molar-refractivity contribution in [3.63, 3.8) is 0 Å². The van der Waals surface area contributed by atoms with Crippen LogP contribution in [0.2, 0.25) is 0 Å². The summed E-state index contributed by atoms with van der Waals surface area (Å²) in [7, 11) is 0. The SMILES string of the molecule is CC(C)(C)OC(=O)N1CCN(c2ccc([N+](=O)[O-])cc2F)CC1CO. The maximum atomic E-state index is 14.2. The predicted molar refractivity (Wildman–Crippen MR) is 89.1 cm³/mol. The molecule has 2 rings (SSSR count). The highest BCUT2D eigenvalue weighted by Crippen LogP contribution is 2.26. The summed E-state index contributed by atoms with van der Waals surface area (Å²) in [4.78, 5) is 25.4. The lowest BCUT2D eigenvalue weighted by Gasteiger charge is -2.41. The second-order valence-electron chi connectivity index (χ2n) is 6.85.